The van der Waals surface area contributed by atoms with Crippen LogP contribution in [-0.2, 0) is 0 Å². The molecule has 0 aromatic heterocycles. The minimum atomic E-state index is -0.115. The van der Waals surface area contributed by atoms with Crippen molar-refractivity contribution >= 4 is 23.0 Å². The molecule has 0 N–H and O–H groups in total. The topological polar surface area (TPSA) is 71.0 Å². The molecule has 190 valence electrons. The quantitative estimate of drug-likeness (QED) is 0.428. The zero-order chi connectivity index (χ0) is 25.8. The van der Waals surface area contributed by atoms with Gasteiger partial charge in [0.1, 0.15) is 0 Å². The first-order valence-electron chi connectivity index (χ1n) is 11.2. The van der Waals surface area contributed by atoms with E-state index in [1.165, 1.54) is 0 Å². The van der Waals surface area contributed by atoms with Crippen molar-refractivity contribution in [3.63, 3.8) is 0 Å². The normalized spacial score (nSPS) is 16.7. The number of hydrogen-bond donors (Lipinski definition) is 0. The van der Waals surface area contributed by atoms with Crippen LogP contribution >= 0.6 is 11.8 Å². The van der Waals surface area contributed by atoms with Crippen molar-refractivity contribution in [1.82, 2.24) is 4.90 Å². The van der Waals surface area contributed by atoms with Gasteiger partial charge in [-0.05, 0) is 54.5 Å². The summed E-state index contributed by atoms with van der Waals surface area (Å²) < 4.78 is 33.1. The van der Waals surface area contributed by atoms with Gasteiger partial charge in [0.2, 0.25) is 11.5 Å². The molecular formula is C27H30N2O6S. The molecular weight excluding hydrogens is 480 g/mol. The van der Waals surface area contributed by atoms with Crippen LogP contribution in [0.5, 0.6) is 34.5 Å². The number of fused-ring (bicyclic) bond motifs is 1. The van der Waals surface area contributed by atoms with Gasteiger partial charge in [-0.2, -0.15) is 0 Å². The summed E-state index contributed by atoms with van der Waals surface area (Å²) in [5, 5.41) is 0.901. The number of ether oxygens (including phenoxy) is 6. The first kappa shape index (κ1) is 25.4. The van der Waals surface area contributed by atoms with Gasteiger partial charge in [-0.25, -0.2) is 4.99 Å². The van der Waals surface area contributed by atoms with E-state index < -0.39 is 0 Å². The largest absolute Gasteiger partial charge is 0.493 e. The number of benzene rings is 2. The number of thioether (sulfide) groups is 1. The Bertz CT molecular complexity index is 1220. The third kappa shape index (κ3) is 4.83. The van der Waals surface area contributed by atoms with Gasteiger partial charge >= 0.3 is 0 Å². The van der Waals surface area contributed by atoms with E-state index in [2.05, 4.69) is 24.1 Å². The molecule has 0 fully saturated rings. The summed E-state index contributed by atoms with van der Waals surface area (Å²) in [5.41, 5.74) is 2.71. The maximum Gasteiger partial charge on any atom is 0.203 e. The van der Waals surface area contributed by atoms with Gasteiger partial charge in [0.25, 0.3) is 0 Å². The van der Waals surface area contributed by atoms with Crippen molar-refractivity contribution in [2.24, 2.45) is 4.99 Å². The highest BCUT2D eigenvalue weighted by Gasteiger charge is 2.31. The van der Waals surface area contributed by atoms with Crippen LogP contribution in [-0.4, -0.2) is 52.7 Å². The zero-order valence-corrected chi connectivity index (χ0v) is 22.3. The predicted octanol–water partition coefficient (Wildman–Crippen LogP) is 5.66. The van der Waals surface area contributed by atoms with Crippen molar-refractivity contribution < 1.29 is 28.4 Å². The van der Waals surface area contributed by atoms with Crippen LogP contribution in [0.25, 0.3) is 6.08 Å². The first-order valence-corrected chi connectivity index (χ1v) is 12.0. The number of hydrogen-bond acceptors (Lipinski definition) is 9. The second kappa shape index (κ2) is 10.9. The molecule has 4 rings (SSSR count). The third-order valence-electron chi connectivity index (χ3n) is 5.81. The average molecular weight is 511 g/mol. The minimum absolute atomic E-state index is 0.115. The maximum atomic E-state index is 5.59. The molecule has 0 spiro atoms. The van der Waals surface area contributed by atoms with Gasteiger partial charge in [0.05, 0.1) is 54.4 Å². The van der Waals surface area contributed by atoms with Gasteiger partial charge in [-0.3, -0.25) is 0 Å². The summed E-state index contributed by atoms with van der Waals surface area (Å²) in [4.78, 5) is 8.19. The number of allylic oxidation sites excluding steroid dienone is 2. The SMILES string of the molecule is COc1cc(/C=C/C2=CC(c3cc(OC)c(OC)c(OC)c3)N3C=C(C)SC3=N2)cc(OC)c1OC. The van der Waals surface area contributed by atoms with Crippen LogP contribution in [0.3, 0.4) is 0 Å². The number of amidine groups is 1. The van der Waals surface area contributed by atoms with Crippen molar-refractivity contribution in [3.05, 3.63) is 64.3 Å². The number of methoxy groups -OCH3 is 6. The monoisotopic (exact) mass is 510 g/mol. The lowest BCUT2D eigenvalue weighted by atomic mass is 10.0. The molecule has 0 aliphatic carbocycles. The minimum Gasteiger partial charge on any atom is -0.493 e. The Morgan fingerprint density at radius 1 is 0.750 bits per heavy atom. The summed E-state index contributed by atoms with van der Waals surface area (Å²) in [6.07, 6.45) is 8.16. The van der Waals surface area contributed by atoms with Gasteiger partial charge < -0.3 is 33.3 Å². The van der Waals surface area contributed by atoms with Crippen LogP contribution in [0.15, 0.2) is 58.2 Å². The van der Waals surface area contributed by atoms with E-state index in [1.807, 2.05) is 36.4 Å². The van der Waals surface area contributed by atoms with E-state index in [4.69, 9.17) is 33.4 Å². The molecule has 0 amide bonds. The average Bonchev–Trinajstić information content (AvgIpc) is 3.29. The molecule has 2 aromatic carbocycles. The lowest BCUT2D eigenvalue weighted by Gasteiger charge is -2.30. The molecule has 1 unspecified atom stereocenters. The predicted molar refractivity (Wildman–Crippen MR) is 143 cm³/mol. The molecule has 1 atom stereocenters. The zero-order valence-electron chi connectivity index (χ0n) is 21.4. The number of aliphatic imine (C=N–C) groups is 1. The molecule has 2 aromatic rings. The summed E-state index contributed by atoms with van der Waals surface area (Å²) >= 11 is 1.64. The van der Waals surface area contributed by atoms with Crippen LogP contribution in [0.4, 0.5) is 0 Å². The molecule has 0 saturated heterocycles. The number of rotatable bonds is 9. The van der Waals surface area contributed by atoms with E-state index in [9.17, 15) is 0 Å². The fourth-order valence-electron chi connectivity index (χ4n) is 4.14. The van der Waals surface area contributed by atoms with E-state index in [0.29, 0.717) is 34.5 Å². The molecule has 0 bridgehead atoms. The highest BCUT2D eigenvalue weighted by Crippen LogP contribution is 2.45. The highest BCUT2D eigenvalue weighted by molar-refractivity contribution is 8.17. The Morgan fingerprint density at radius 3 is 1.78 bits per heavy atom. The smallest absolute Gasteiger partial charge is 0.203 e. The van der Waals surface area contributed by atoms with Crippen molar-refractivity contribution in [2.45, 2.75) is 13.0 Å². The van der Waals surface area contributed by atoms with Gasteiger partial charge in [0, 0.05) is 11.1 Å². The summed E-state index contributed by atoms with van der Waals surface area (Å²) in [5.74, 6) is 3.50. The molecule has 0 saturated carbocycles. The Hall–Kier alpha value is -3.72. The van der Waals surface area contributed by atoms with E-state index in [-0.39, 0.29) is 6.04 Å². The molecule has 2 heterocycles. The molecule has 36 heavy (non-hydrogen) atoms. The summed E-state index contributed by atoms with van der Waals surface area (Å²) in [6.45, 7) is 2.07. The van der Waals surface area contributed by atoms with Crippen LogP contribution in [0.2, 0.25) is 0 Å². The molecule has 2 aliphatic rings. The van der Waals surface area contributed by atoms with Crippen molar-refractivity contribution in [2.75, 3.05) is 42.7 Å². The first-order chi connectivity index (χ1) is 17.5. The fraction of sp³-hybridized carbons (Fsp3) is 0.296. The third-order valence-corrected chi connectivity index (χ3v) is 6.72. The van der Waals surface area contributed by atoms with E-state index in [1.54, 1.807) is 54.4 Å². The summed E-state index contributed by atoms with van der Waals surface area (Å²) in [6, 6.07) is 7.62. The van der Waals surface area contributed by atoms with Crippen LogP contribution < -0.4 is 28.4 Å². The lowest BCUT2D eigenvalue weighted by Crippen LogP contribution is -2.27. The van der Waals surface area contributed by atoms with E-state index >= 15 is 0 Å². The summed E-state index contributed by atoms with van der Waals surface area (Å²) in [7, 11) is 9.62. The van der Waals surface area contributed by atoms with Crippen LogP contribution in [0, 0.1) is 0 Å². The van der Waals surface area contributed by atoms with Crippen molar-refractivity contribution in [3.8, 4) is 34.5 Å². The van der Waals surface area contributed by atoms with Crippen LogP contribution in [0.1, 0.15) is 24.1 Å². The second-order valence-electron chi connectivity index (χ2n) is 7.93. The van der Waals surface area contributed by atoms with Gasteiger partial charge in [-0.15, -0.1) is 0 Å². The molecule has 9 heteroatoms. The van der Waals surface area contributed by atoms with Crippen molar-refractivity contribution in [1.29, 1.82) is 0 Å². The Kier molecular flexibility index (Phi) is 7.69. The lowest BCUT2D eigenvalue weighted by molar-refractivity contribution is 0.322. The van der Waals surface area contributed by atoms with Gasteiger partial charge in [0.15, 0.2) is 28.2 Å². The molecule has 0 radical (unpaired) electrons. The van der Waals surface area contributed by atoms with E-state index in [0.717, 1.165) is 26.9 Å². The Balaban J connectivity index is 1.75. The Morgan fingerprint density at radius 2 is 1.28 bits per heavy atom. The standard InChI is InChI=1S/C27H30N2O6S/c1-16-15-29-20(18-12-23(32-4)26(35-7)24(13-18)33-5)14-19(28-27(29)36-16)9-8-17-10-21(30-2)25(34-6)22(11-17)31-3/h8-15,20H,1-7H3/b9-8+. The number of nitrogens with zero attached hydrogens (tertiary/aromatic N) is 2. The fourth-order valence-corrected chi connectivity index (χ4v) is 5.02. The molecule has 8 nitrogen and oxygen atoms in total. The van der Waals surface area contributed by atoms with Gasteiger partial charge in [-0.1, -0.05) is 17.8 Å². The second-order valence-corrected chi connectivity index (χ2v) is 9.14. The Labute approximate surface area is 215 Å². The highest BCUT2D eigenvalue weighted by atomic mass is 32.2. The molecule has 2 aliphatic heterocycles. The maximum absolute atomic E-state index is 5.59.